The molecule has 0 aliphatic rings. The van der Waals surface area contributed by atoms with Crippen LogP contribution in [0.3, 0.4) is 0 Å². The Kier molecular flexibility index (Phi) is 4.99. The fraction of sp³-hybridized carbons (Fsp3) is 0.294. The Labute approximate surface area is 130 Å². The van der Waals surface area contributed by atoms with Crippen LogP contribution < -0.4 is 14.8 Å². The molecule has 22 heavy (non-hydrogen) atoms. The highest BCUT2D eigenvalue weighted by molar-refractivity contribution is 5.94. The van der Waals surface area contributed by atoms with Gasteiger partial charge >= 0.3 is 0 Å². The van der Waals surface area contributed by atoms with Gasteiger partial charge in [0, 0.05) is 12.1 Å². The average Bonchev–Trinajstić information content (AvgIpc) is 2.48. The van der Waals surface area contributed by atoms with Crippen LogP contribution in [0.4, 0.5) is 0 Å². The van der Waals surface area contributed by atoms with E-state index < -0.39 is 0 Å². The molecule has 1 N–H and O–H groups in total. The summed E-state index contributed by atoms with van der Waals surface area (Å²) in [6, 6.07) is 10.5. The molecule has 0 saturated carbocycles. The first-order chi connectivity index (χ1) is 10.5. The van der Waals surface area contributed by atoms with E-state index in [0.29, 0.717) is 10.3 Å². The first kappa shape index (κ1) is 15.8. The van der Waals surface area contributed by atoms with Gasteiger partial charge in [0.15, 0.2) is 12.4 Å². The minimum Gasteiger partial charge on any atom is -0.619 e. The van der Waals surface area contributed by atoms with Crippen molar-refractivity contribution in [2.75, 3.05) is 0 Å². The van der Waals surface area contributed by atoms with Crippen molar-refractivity contribution in [2.45, 2.75) is 32.9 Å². The first-order valence-electron chi connectivity index (χ1n) is 7.22. The zero-order chi connectivity index (χ0) is 16.1. The van der Waals surface area contributed by atoms with E-state index in [4.69, 9.17) is 4.74 Å². The largest absolute Gasteiger partial charge is 0.619 e. The van der Waals surface area contributed by atoms with E-state index in [9.17, 15) is 10.0 Å². The third-order valence-corrected chi connectivity index (χ3v) is 3.16. The first-order valence-corrected chi connectivity index (χ1v) is 7.22. The predicted octanol–water partition coefficient (Wildman–Crippen LogP) is 2.60. The van der Waals surface area contributed by atoms with Crippen LogP contribution in [-0.4, -0.2) is 12.0 Å². The van der Waals surface area contributed by atoms with E-state index in [1.54, 1.807) is 0 Å². The van der Waals surface area contributed by atoms with Gasteiger partial charge in [0.05, 0.1) is 17.7 Å². The smallest absolute Gasteiger partial charge is 0.252 e. The molecule has 0 aliphatic carbocycles. The van der Waals surface area contributed by atoms with Gasteiger partial charge < -0.3 is 15.3 Å². The number of nitrogens with zero attached hydrogens (tertiary/aromatic N) is 1. The van der Waals surface area contributed by atoms with Crippen molar-refractivity contribution in [3.05, 3.63) is 65.1 Å². The number of carbonyl (C=O) groups excluding carboxylic acids is 1. The van der Waals surface area contributed by atoms with Crippen LogP contribution in [0.25, 0.3) is 0 Å². The van der Waals surface area contributed by atoms with E-state index >= 15 is 0 Å². The lowest BCUT2D eigenvalue weighted by molar-refractivity contribution is -0.605. The molecule has 1 aromatic carbocycles. The number of benzene rings is 1. The van der Waals surface area contributed by atoms with Crippen LogP contribution >= 0.6 is 0 Å². The number of amides is 1. The summed E-state index contributed by atoms with van der Waals surface area (Å²) in [5.74, 6) is 0.593. The maximum atomic E-state index is 12.1. The van der Waals surface area contributed by atoms with Crippen molar-refractivity contribution in [2.24, 2.45) is 0 Å². The highest BCUT2D eigenvalue weighted by Gasteiger charge is 2.12. The fourth-order valence-electron chi connectivity index (χ4n) is 2.03. The van der Waals surface area contributed by atoms with Gasteiger partial charge in [-0.2, -0.15) is 4.73 Å². The van der Waals surface area contributed by atoms with Crippen LogP contribution in [0.15, 0.2) is 48.8 Å². The van der Waals surface area contributed by atoms with Crippen LogP contribution in [0.5, 0.6) is 5.75 Å². The molecule has 1 aromatic heterocycles. The second kappa shape index (κ2) is 6.93. The molecule has 2 aromatic rings. The second-order valence-electron chi connectivity index (χ2n) is 5.38. The standard InChI is InChI=1S/C17H20N2O3/c1-12(2)22-16-6-4-14(5-7-16)13(3)18-17(20)15-8-10-19(21)11-9-15/h4-13H,1-3H3,(H,18,20). The summed E-state index contributed by atoms with van der Waals surface area (Å²) in [7, 11) is 0. The summed E-state index contributed by atoms with van der Waals surface area (Å²) in [5.41, 5.74) is 1.44. The number of rotatable bonds is 5. The highest BCUT2D eigenvalue weighted by atomic mass is 16.5. The molecule has 5 nitrogen and oxygen atoms in total. The number of carbonyl (C=O) groups is 1. The minimum atomic E-state index is -0.212. The van der Waals surface area contributed by atoms with Crippen molar-refractivity contribution in [1.82, 2.24) is 5.32 Å². The Morgan fingerprint density at radius 2 is 1.68 bits per heavy atom. The lowest BCUT2D eigenvalue weighted by Gasteiger charge is -2.15. The van der Waals surface area contributed by atoms with Gasteiger partial charge in [0.1, 0.15) is 5.75 Å². The van der Waals surface area contributed by atoms with Crippen LogP contribution in [0, 0.1) is 5.21 Å². The summed E-state index contributed by atoms with van der Waals surface area (Å²) in [4.78, 5) is 12.1. The molecule has 1 heterocycles. The second-order valence-corrected chi connectivity index (χ2v) is 5.38. The molecule has 5 heteroatoms. The summed E-state index contributed by atoms with van der Waals surface area (Å²) >= 11 is 0. The minimum absolute atomic E-state index is 0.129. The molecule has 1 unspecified atom stereocenters. The molecule has 0 fully saturated rings. The number of nitrogens with one attached hydrogen (secondary N) is 1. The van der Waals surface area contributed by atoms with E-state index in [0.717, 1.165) is 11.3 Å². The topological polar surface area (TPSA) is 65.3 Å². The van der Waals surface area contributed by atoms with Crippen LogP contribution in [0.2, 0.25) is 0 Å². The Morgan fingerprint density at radius 3 is 2.23 bits per heavy atom. The van der Waals surface area contributed by atoms with Gasteiger partial charge in [0.2, 0.25) is 0 Å². The van der Waals surface area contributed by atoms with Gasteiger partial charge in [-0.25, -0.2) is 0 Å². The molecule has 0 spiro atoms. The van der Waals surface area contributed by atoms with E-state index in [-0.39, 0.29) is 18.1 Å². The lowest BCUT2D eigenvalue weighted by atomic mass is 10.1. The van der Waals surface area contributed by atoms with Crippen molar-refractivity contribution in [1.29, 1.82) is 0 Å². The molecule has 1 amide bonds. The van der Waals surface area contributed by atoms with Crippen molar-refractivity contribution < 1.29 is 14.3 Å². The van der Waals surface area contributed by atoms with Gasteiger partial charge in [-0.15, -0.1) is 0 Å². The van der Waals surface area contributed by atoms with Crippen molar-refractivity contribution >= 4 is 5.91 Å². The zero-order valence-corrected chi connectivity index (χ0v) is 12.9. The Morgan fingerprint density at radius 1 is 1.09 bits per heavy atom. The molecular weight excluding hydrogens is 280 g/mol. The Bertz CT molecular complexity index is 621. The molecule has 116 valence electrons. The maximum absolute atomic E-state index is 12.1. The zero-order valence-electron chi connectivity index (χ0n) is 12.9. The van der Waals surface area contributed by atoms with E-state index in [1.807, 2.05) is 45.0 Å². The predicted molar refractivity (Wildman–Crippen MR) is 83.5 cm³/mol. The summed E-state index contributed by atoms with van der Waals surface area (Å²) in [6.07, 6.45) is 2.74. The third kappa shape index (κ3) is 4.22. The molecule has 2 rings (SSSR count). The number of hydrogen-bond acceptors (Lipinski definition) is 3. The summed E-state index contributed by atoms with van der Waals surface area (Å²) in [5, 5.41) is 13.9. The molecular formula is C17H20N2O3. The maximum Gasteiger partial charge on any atom is 0.252 e. The average molecular weight is 300 g/mol. The van der Waals surface area contributed by atoms with Gasteiger partial charge in [-0.3, -0.25) is 4.79 Å². The number of pyridine rings is 1. The quantitative estimate of drug-likeness (QED) is 0.682. The monoisotopic (exact) mass is 300 g/mol. The summed E-state index contributed by atoms with van der Waals surface area (Å²) in [6.45, 7) is 5.86. The number of aromatic nitrogens is 1. The molecule has 1 atom stereocenters. The van der Waals surface area contributed by atoms with Crippen molar-refractivity contribution in [3.8, 4) is 5.75 Å². The molecule has 0 bridgehead atoms. The van der Waals surface area contributed by atoms with E-state index in [2.05, 4.69) is 5.32 Å². The molecule has 0 saturated heterocycles. The van der Waals surface area contributed by atoms with Crippen LogP contribution in [-0.2, 0) is 0 Å². The Balaban J connectivity index is 2.00. The van der Waals surface area contributed by atoms with E-state index in [1.165, 1.54) is 24.5 Å². The molecule has 0 radical (unpaired) electrons. The Hall–Kier alpha value is -2.56. The fourth-order valence-corrected chi connectivity index (χ4v) is 2.03. The van der Waals surface area contributed by atoms with Gasteiger partial charge in [-0.1, -0.05) is 12.1 Å². The van der Waals surface area contributed by atoms with Gasteiger partial charge in [-0.05, 0) is 38.5 Å². The van der Waals surface area contributed by atoms with Crippen molar-refractivity contribution in [3.63, 3.8) is 0 Å². The van der Waals surface area contributed by atoms with Gasteiger partial charge in [0.25, 0.3) is 5.91 Å². The number of ether oxygens (including phenoxy) is 1. The lowest BCUT2D eigenvalue weighted by Crippen LogP contribution is -2.29. The summed E-state index contributed by atoms with van der Waals surface area (Å²) < 4.78 is 6.24. The normalized spacial score (nSPS) is 12.0. The third-order valence-electron chi connectivity index (χ3n) is 3.16. The number of hydrogen-bond donors (Lipinski definition) is 1. The molecule has 0 aliphatic heterocycles. The van der Waals surface area contributed by atoms with Crippen LogP contribution in [0.1, 0.15) is 42.7 Å². The SMILES string of the molecule is CC(C)Oc1ccc(C(C)NC(=O)c2cc[n+]([O-])cc2)cc1. The highest BCUT2D eigenvalue weighted by Crippen LogP contribution is 2.18.